The molecule has 3 saturated heterocycles. The highest BCUT2D eigenvalue weighted by atomic mass is 32.1. The summed E-state index contributed by atoms with van der Waals surface area (Å²) in [5.74, 6) is -0.0395. The molecule has 3 fully saturated rings. The number of aromatic nitrogens is 5. The van der Waals surface area contributed by atoms with Gasteiger partial charge in [-0.05, 0) is 44.9 Å². The maximum Gasteiger partial charge on any atom is 0.412 e. The molecule has 54 heavy (non-hydrogen) atoms. The number of carbonyl (C=O) groups is 1. The van der Waals surface area contributed by atoms with Gasteiger partial charge in [-0.3, -0.25) is 14.9 Å². The van der Waals surface area contributed by atoms with Crippen molar-refractivity contribution < 1.29 is 32.9 Å². The average Bonchev–Trinajstić information content (AvgIpc) is 3.89. The van der Waals surface area contributed by atoms with E-state index in [1.54, 1.807) is 24.7 Å². The number of nitriles is 1. The number of amides is 1. The van der Waals surface area contributed by atoms with Crippen LogP contribution in [0, 0.1) is 17.1 Å². The van der Waals surface area contributed by atoms with Gasteiger partial charge in [-0.2, -0.15) is 20.3 Å². The summed E-state index contributed by atoms with van der Waals surface area (Å²) in [6.07, 6.45) is 2.10. The normalized spacial score (nSPS) is 23.3. The molecule has 14 nitrogen and oxygen atoms in total. The summed E-state index contributed by atoms with van der Waals surface area (Å²) in [5, 5.41) is 30.4. The standard InChI is InChI=1S/C37H43F2N9O5S/c1-5-6-13-52-35(49)43-33-23(16-40)25-22(8-9-24(39)30(25)54-33)28-29-27(44-46(28)4)26-31(45(29)3)41-34(42-32(26)47-12-14-51-19-36(2,50)18-47)53-20-37-10-7-11-48(37)17-21(38)15-37/h8-9,21,50H,5-7,10-15,17-20H2,1-4H3,(H,43,49)/t21-,36+,37+/m1/s1. The molecule has 17 heteroatoms. The number of β-amino-alcohol motifs (C(OH)–C–C–N with tert-alkyl or cyclic N) is 1. The molecule has 286 valence electrons. The number of nitrogens with zero attached hydrogens (tertiary/aromatic N) is 8. The van der Waals surface area contributed by atoms with Gasteiger partial charge in [0.05, 0.1) is 58.8 Å². The molecular formula is C37H43F2N9O5S. The van der Waals surface area contributed by atoms with Crippen LogP contribution >= 0.6 is 11.3 Å². The van der Waals surface area contributed by atoms with Crippen molar-refractivity contribution in [3.8, 4) is 23.3 Å². The predicted molar refractivity (Wildman–Crippen MR) is 200 cm³/mol. The molecule has 3 aliphatic heterocycles. The van der Waals surface area contributed by atoms with Crippen molar-refractivity contribution in [2.24, 2.45) is 14.1 Å². The lowest BCUT2D eigenvalue weighted by Gasteiger charge is -2.31. The number of aryl methyl sites for hydroxylation is 2. The predicted octanol–water partition coefficient (Wildman–Crippen LogP) is 5.64. The topological polar surface area (TPSA) is 156 Å². The number of halogens is 2. The quantitative estimate of drug-likeness (QED) is 0.179. The summed E-state index contributed by atoms with van der Waals surface area (Å²) in [7, 11) is 3.62. The third kappa shape index (κ3) is 6.18. The van der Waals surface area contributed by atoms with Crippen molar-refractivity contribution in [2.45, 2.75) is 63.3 Å². The molecule has 3 atom stereocenters. The molecule has 0 spiro atoms. The summed E-state index contributed by atoms with van der Waals surface area (Å²) in [4.78, 5) is 26.6. The Morgan fingerprint density at radius 2 is 2.09 bits per heavy atom. The molecule has 0 radical (unpaired) electrons. The summed E-state index contributed by atoms with van der Waals surface area (Å²) in [5.41, 5.74) is 1.33. The lowest BCUT2D eigenvalue weighted by molar-refractivity contribution is -0.0123. The second-order valence-corrected chi connectivity index (χ2v) is 15.9. The van der Waals surface area contributed by atoms with E-state index < -0.39 is 29.2 Å². The van der Waals surface area contributed by atoms with Crippen LogP contribution in [0.4, 0.5) is 24.4 Å². The molecule has 1 amide bonds. The number of anilines is 2. The van der Waals surface area contributed by atoms with Gasteiger partial charge in [0, 0.05) is 44.6 Å². The minimum atomic E-state index is -1.18. The number of unbranched alkanes of at least 4 members (excludes halogenated alkanes) is 1. The van der Waals surface area contributed by atoms with Gasteiger partial charge >= 0.3 is 12.1 Å². The van der Waals surface area contributed by atoms with Crippen LogP contribution in [0.5, 0.6) is 6.01 Å². The van der Waals surface area contributed by atoms with E-state index in [0.717, 1.165) is 37.1 Å². The maximum absolute atomic E-state index is 15.5. The van der Waals surface area contributed by atoms with Crippen molar-refractivity contribution in [3.05, 3.63) is 23.5 Å². The average molecular weight is 764 g/mol. The molecule has 1 aromatic carbocycles. The minimum Gasteiger partial charge on any atom is -0.461 e. The Morgan fingerprint density at radius 3 is 2.89 bits per heavy atom. The van der Waals surface area contributed by atoms with E-state index in [2.05, 4.69) is 16.3 Å². The Balaban J connectivity index is 1.28. The summed E-state index contributed by atoms with van der Waals surface area (Å²) in [6, 6.07) is 5.26. The van der Waals surface area contributed by atoms with Gasteiger partial charge in [0.1, 0.15) is 46.6 Å². The van der Waals surface area contributed by atoms with Crippen LogP contribution in [0.2, 0.25) is 0 Å². The SMILES string of the molecule is CCCCOC(=O)Nc1sc2c(F)ccc(-c3c4c(nn3C)c3c(N5CCOC[C@@](C)(O)C5)nc(OC[C@@]56CCCN5C[C@H](F)C6)nc3n4C)c2c1C#N. The highest BCUT2D eigenvalue weighted by Crippen LogP contribution is 2.46. The number of carbonyl (C=O) groups excluding carboxylic acids is 1. The number of benzene rings is 1. The molecule has 0 aliphatic carbocycles. The van der Waals surface area contributed by atoms with E-state index in [9.17, 15) is 19.6 Å². The third-order valence-electron chi connectivity index (χ3n) is 10.8. The largest absolute Gasteiger partial charge is 0.461 e. The zero-order chi connectivity index (χ0) is 37.9. The van der Waals surface area contributed by atoms with Crippen LogP contribution in [-0.4, -0.2) is 110 Å². The lowest BCUT2D eigenvalue weighted by Crippen LogP contribution is -2.44. The highest BCUT2D eigenvalue weighted by Gasteiger charge is 2.49. The molecule has 7 heterocycles. The Hall–Kier alpha value is -4.63. The van der Waals surface area contributed by atoms with Crippen LogP contribution in [0.15, 0.2) is 12.1 Å². The fourth-order valence-corrected chi connectivity index (χ4v) is 9.47. The number of thiophene rings is 1. The molecule has 4 aromatic heterocycles. The van der Waals surface area contributed by atoms with Crippen LogP contribution in [0.3, 0.4) is 0 Å². The molecule has 8 rings (SSSR count). The lowest BCUT2D eigenvalue weighted by atomic mass is 9.95. The van der Waals surface area contributed by atoms with E-state index in [-0.39, 0.29) is 47.6 Å². The molecule has 3 aliphatic rings. The first kappa shape index (κ1) is 36.4. The fraction of sp³-hybridized carbons (Fsp3) is 0.541. The fourth-order valence-electron chi connectivity index (χ4n) is 8.41. The Kier molecular flexibility index (Phi) is 9.36. The highest BCUT2D eigenvalue weighted by molar-refractivity contribution is 7.23. The summed E-state index contributed by atoms with van der Waals surface area (Å²) < 4.78 is 51.3. The minimum absolute atomic E-state index is 0.107. The van der Waals surface area contributed by atoms with Crippen molar-refractivity contribution in [1.29, 1.82) is 5.26 Å². The summed E-state index contributed by atoms with van der Waals surface area (Å²) >= 11 is 0.968. The zero-order valence-corrected chi connectivity index (χ0v) is 31.6. The van der Waals surface area contributed by atoms with E-state index in [1.807, 2.05) is 23.4 Å². The first-order valence-corrected chi connectivity index (χ1v) is 19.1. The van der Waals surface area contributed by atoms with E-state index in [0.29, 0.717) is 77.1 Å². The van der Waals surface area contributed by atoms with Crippen molar-refractivity contribution in [3.63, 3.8) is 0 Å². The van der Waals surface area contributed by atoms with Gasteiger partial charge in [0.15, 0.2) is 5.65 Å². The number of ether oxygens (including phenoxy) is 3. The van der Waals surface area contributed by atoms with Gasteiger partial charge in [-0.25, -0.2) is 13.6 Å². The maximum atomic E-state index is 15.5. The number of hydrogen-bond donors (Lipinski definition) is 2. The zero-order valence-electron chi connectivity index (χ0n) is 30.7. The van der Waals surface area contributed by atoms with E-state index in [4.69, 9.17) is 29.3 Å². The Labute approximate surface area is 314 Å². The molecule has 0 unspecified atom stereocenters. The molecular weight excluding hydrogens is 721 g/mol. The van der Waals surface area contributed by atoms with Crippen LogP contribution in [-0.2, 0) is 23.6 Å². The van der Waals surface area contributed by atoms with Crippen molar-refractivity contribution >= 4 is 60.4 Å². The Morgan fingerprint density at radius 1 is 1.26 bits per heavy atom. The van der Waals surface area contributed by atoms with E-state index >= 15 is 4.39 Å². The number of hydrogen-bond acceptors (Lipinski definition) is 12. The number of fused-ring (bicyclic) bond motifs is 5. The number of alkyl halides is 1. The van der Waals surface area contributed by atoms with Crippen molar-refractivity contribution in [2.75, 3.05) is 62.8 Å². The number of rotatable bonds is 9. The number of aliphatic hydroxyl groups is 1. The van der Waals surface area contributed by atoms with Gasteiger partial charge in [-0.1, -0.05) is 13.3 Å². The van der Waals surface area contributed by atoms with Crippen LogP contribution in [0.25, 0.3) is 43.4 Å². The number of nitrogens with one attached hydrogen (secondary N) is 1. The summed E-state index contributed by atoms with van der Waals surface area (Å²) in [6.45, 7) is 6.51. The molecule has 5 aromatic rings. The third-order valence-corrected chi connectivity index (χ3v) is 12.0. The van der Waals surface area contributed by atoms with Gasteiger partial charge in [-0.15, -0.1) is 11.3 Å². The second-order valence-electron chi connectivity index (χ2n) is 14.9. The smallest absolute Gasteiger partial charge is 0.412 e. The van der Waals surface area contributed by atoms with Crippen molar-refractivity contribution in [1.82, 2.24) is 29.2 Å². The van der Waals surface area contributed by atoms with Gasteiger partial charge in [0.25, 0.3) is 0 Å². The molecule has 0 saturated carbocycles. The van der Waals surface area contributed by atoms with Gasteiger partial charge < -0.3 is 28.8 Å². The van der Waals surface area contributed by atoms with E-state index in [1.165, 1.54) is 6.07 Å². The first-order valence-electron chi connectivity index (χ1n) is 18.3. The monoisotopic (exact) mass is 763 g/mol. The molecule has 2 N–H and O–H groups in total. The second kappa shape index (κ2) is 13.9. The van der Waals surface area contributed by atoms with Crippen LogP contribution in [0.1, 0.15) is 51.5 Å². The first-order chi connectivity index (χ1) is 25.9. The Bertz CT molecular complexity index is 2320. The van der Waals surface area contributed by atoms with Crippen LogP contribution < -0.4 is 15.0 Å². The van der Waals surface area contributed by atoms with Gasteiger partial charge in [0.2, 0.25) is 0 Å². The molecule has 0 bridgehead atoms.